The third kappa shape index (κ3) is 2.56. The van der Waals surface area contributed by atoms with Gasteiger partial charge in [0.15, 0.2) is 0 Å². The Bertz CT molecular complexity index is 284. The lowest BCUT2D eigenvalue weighted by molar-refractivity contribution is -0.00913. The highest BCUT2D eigenvalue weighted by atomic mass is 16.5. The summed E-state index contributed by atoms with van der Waals surface area (Å²) in [6.07, 6.45) is 11.6. The van der Waals surface area contributed by atoms with Crippen LogP contribution in [0.4, 0.5) is 0 Å². The summed E-state index contributed by atoms with van der Waals surface area (Å²) < 4.78 is 11.8. The van der Waals surface area contributed by atoms with E-state index in [0.29, 0.717) is 24.2 Å². The summed E-state index contributed by atoms with van der Waals surface area (Å²) in [6, 6.07) is 0. The molecule has 3 rings (SSSR count). The normalized spacial score (nSPS) is 44.4. The van der Waals surface area contributed by atoms with Crippen LogP contribution < -0.4 is 5.73 Å². The van der Waals surface area contributed by atoms with Crippen LogP contribution in [0.1, 0.15) is 32.1 Å². The van der Waals surface area contributed by atoms with Gasteiger partial charge in [-0.1, -0.05) is 12.2 Å². The first kappa shape index (κ1) is 11.7. The van der Waals surface area contributed by atoms with Crippen molar-refractivity contribution >= 4 is 0 Å². The minimum absolute atomic E-state index is 0.334. The molecule has 3 heteroatoms. The van der Waals surface area contributed by atoms with Crippen LogP contribution in [0, 0.1) is 11.8 Å². The van der Waals surface area contributed by atoms with E-state index in [1.165, 1.54) is 25.7 Å². The number of fused-ring (bicyclic) bond motifs is 2. The van der Waals surface area contributed by atoms with E-state index < -0.39 is 0 Å². The van der Waals surface area contributed by atoms with Crippen molar-refractivity contribution in [2.24, 2.45) is 17.6 Å². The van der Waals surface area contributed by atoms with Gasteiger partial charge in [0.2, 0.25) is 0 Å². The molecule has 0 aromatic heterocycles. The molecule has 0 aromatic rings. The van der Waals surface area contributed by atoms with Crippen molar-refractivity contribution in [1.29, 1.82) is 0 Å². The number of rotatable bonds is 4. The molecule has 0 amide bonds. The van der Waals surface area contributed by atoms with Crippen molar-refractivity contribution in [3.05, 3.63) is 12.2 Å². The predicted octanol–water partition coefficient (Wildman–Crippen LogP) is 1.86. The summed E-state index contributed by atoms with van der Waals surface area (Å²) in [4.78, 5) is 0. The molecule has 2 fully saturated rings. The predicted molar refractivity (Wildman–Crippen MR) is 66.7 cm³/mol. The van der Waals surface area contributed by atoms with Crippen LogP contribution in [-0.4, -0.2) is 31.5 Å². The number of nitrogens with two attached hydrogens (primary N) is 1. The fraction of sp³-hybridized carbons (Fsp3) is 0.857. The summed E-state index contributed by atoms with van der Waals surface area (Å²) in [5, 5.41) is 0. The van der Waals surface area contributed by atoms with E-state index in [9.17, 15) is 0 Å². The lowest BCUT2D eigenvalue weighted by Gasteiger charge is -2.29. The molecule has 3 aliphatic rings. The molecular weight excluding hydrogens is 214 g/mol. The van der Waals surface area contributed by atoms with Gasteiger partial charge < -0.3 is 15.2 Å². The van der Waals surface area contributed by atoms with Crippen molar-refractivity contribution in [1.82, 2.24) is 0 Å². The Balaban J connectivity index is 1.39. The highest BCUT2D eigenvalue weighted by Crippen LogP contribution is 2.34. The minimum Gasteiger partial charge on any atom is -0.378 e. The number of ether oxygens (including phenoxy) is 2. The quantitative estimate of drug-likeness (QED) is 0.759. The largest absolute Gasteiger partial charge is 0.378 e. The molecule has 3 atom stereocenters. The first-order chi connectivity index (χ1) is 8.35. The monoisotopic (exact) mass is 237 g/mol. The zero-order valence-electron chi connectivity index (χ0n) is 10.4. The topological polar surface area (TPSA) is 44.5 Å². The van der Waals surface area contributed by atoms with E-state index in [2.05, 4.69) is 12.2 Å². The van der Waals surface area contributed by atoms with Gasteiger partial charge in [0.05, 0.1) is 24.9 Å². The maximum Gasteiger partial charge on any atom is 0.0816 e. The maximum absolute atomic E-state index is 6.06. The Morgan fingerprint density at radius 1 is 1.18 bits per heavy atom. The average Bonchev–Trinajstić information content (AvgIpc) is 2.99. The van der Waals surface area contributed by atoms with Gasteiger partial charge in [0.25, 0.3) is 0 Å². The summed E-state index contributed by atoms with van der Waals surface area (Å²) in [7, 11) is 0. The van der Waals surface area contributed by atoms with Gasteiger partial charge in [-0.05, 0) is 44.6 Å². The summed E-state index contributed by atoms with van der Waals surface area (Å²) in [5.41, 5.74) is 5.70. The first-order valence-electron chi connectivity index (χ1n) is 7.00. The fourth-order valence-corrected chi connectivity index (χ4v) is 3.32. The molecule has 3 unspecified atom stereocenters. The molecule has 0 radical (unpaired) electrons. The van der Waals surface area contributed by atoms with Gasteiger partial charge in [-0.3, -0.25) is 0 Å². The van der Waals surface area contributed by atoms with Crippen LogP contribution in [0.5, 0.6) is 0 Å². The zero-order valence-corrected chi connectivity index (χ0v) is 10.4. The van der Waals surface area contributed by atoms with Crippen LogP contribution in [0.3, 0.4) is 0 Å². The van der Waals surface area contributed by atoms with Gasteiger partial charge in [0, 0.05) is 5.92 Å². The van der Waals surface area contributed by atoms with Gasteiger partial charge in [-0.2, -0.15) is 0 Å². The smallest absolute Gasteiger partial charge is 0.0816 e. The Morgan fingerprint density at radius 3 is 2.59 bits per heavy atom. The Labute approximate surface area is 103 Å². The van der Waals surface area contributed by atoms with Gasteiger partial charge in [-0.15, -0.1) is 0 Å². The maximum atomic E-state index is 6.06. The zero-order chi connectivity index (χ0) is 11.7. The van der Waals surface area contributed by atoms with Gasteiger partial charge >= 0.3 is 0 Å². The molecule has 0 aromatic carbocycles. The standard InChI is InChI=1S/C14H23NO2/c15-8-10-1-3-12(4-2-10)16-9-11-7-13-5-6-14(11)17-13/h5-6,10-14H,1-4,7-9,15H2. The van der Waals surface area contributed by atoms with E-state index in [0.717, 1.165) is 25.5 Å². The Kier molecular flexibility index (Phi) is 3.50. The lowest BCUT2D eigenvalue weighted by atomic mass is 9.87. The summed E-state index contributed by atoms with van der Waals surface area (Å²) >= 11 is 0. The second-order valence-electron chi connectivity index (χ2n) is 5.73. The average molecular weight is 237 g/mol. The third-order valence-corrected chi connectivity index (χ3v) is 4.52. The van der Waals surface area contributed by atoms with E-state index in [4.69, 9.17) is 15.2 Å². The van der Waals surface area contributed by atoms with Gasteiger partial charge in [0.1, 0.15) is 0 Å². The lowest BCUT2D eigenvalue weighted by Crippen LogP contribution is -2.28. The molecule has 3 nitrogen and oxygen atoms in total. The molecule has 0 spiro atoms. The Morgan fingerprint density at radius 2 is 2.00 bits per heavy atom. The summed E-state index contributed by atoms with van der Waals surface area (Å²) in [6.45, 7) is 1.72. The van der Waals surface area contributed by atoms with E-state index in [1.54, 1.807) is 0 Å². The van der Waals surface area contributed by atoms with Crippen LogP contribution in [0.25, 0.3) is 0 Å². The molecule has 96 valence electrons. The highest BCUT2D eigenvalue weighted by molar-refractivity contribution is 5.10. The van der Waals surface area contributed by atoms with E-state index in [-0.39, 0.29) is 0 Å². The molecule has 2 N–H and O–H groups in total. The van der Waals surface area contributed by atoms with Gasteiger partial charge in [-0.25, -0.2) is 0 Å². The van der Waals surface area contributed by atoms with Crippen LogP contribution in [0.2, 0.25) is 0 Å². The first-order valence-corrected chi connectivity index (χ1v) is 7.00. The molecular formula is C14H23NO2. The second-order valence-corrected chi connectivity index (χ2v) is 5.73. The molecule has 1 aliphatic carbocycles. The number of hydrogen-bond donors (Lipinski definition) is 1. The van der Waals surface area contributed by atoms with Crippen LogP contribution >= 0.6 is 0 Å². The molecule has 17 heavy (non-hydrogen) atoms. The van der Waals surface area contributed by atoms with Crippen molar-refractivity contribution in [2.45, 2.75) is 50.4 Å². The Hall–Kier alpha value is -0.380. The SMILES string of the molecule is NCC1CCC(OCC2CC3C=CC2O3)CC1. The second kappa shape index (κ2) is 5.09. The molecule has 2 bridgehead atoms. The molecule has 2 heterocycles. The molecule has 1 saturated heterocycles. The van der Waals surface area contributed by atoms with Crippen molar-refractivity contribution in [3.63, 3.8) is 0 Å². The number of hydrogen-bond acceptors (Lipinski definition) is 3. The van der Waals surface area contributed by atoms with E-state index in [1.807, 2.05) is 0 Å². The van der Waals surface area contributed by atoms with Crippen molar-refractivity contribution in [3.8, 4) is 0 Å². The molecule has 1 saturated carbocycles. The highest BCUT2D eigenvalue weighted by Gasteiger charge is 2.37. The molecule has 2 aliphatic heterocycles. The van der Waals surface area contributed by atoms with Crippen molar-refractivity contribution in [2.75, 3.05) is 13.2 Å². The van der Waals surface area contributed by atoms with Crippen LogP contribution in [0.15, 0.2) is 12.2 Å². The van der Waals surface area contributed by atoms with E-state index >= 15 is 0 Å². The van der Waals surface area contributed by atoms with Crippen LogP contribution in [-0.2, 0) is 9.47 Å². The minimum atomic E-state index is 0.334. The fourth-order valence-electron chi connectivity index (χ4n) is 3.32. The van der Waals surface area contributed by atoms with Crippen molar-refractivity contribution < 1.29 is 9.47 Å². The summed E-state index contributed by atoms with van der Waals surface area (Å²) in [5.74, 6) is 1.33. The third-order valence-electron chi connectivity index (χ3n) is 4.52.